The number of aromatic carboxylic acids is 1. The van der Waals surface area contributed by atoms with Gasteiger partial charge in [-0.05, 0) is 43.7 Å². The summed E-state index contributed by atoms with van der Waals surface area (Å²) < 4.78 is 6.07. The average Bonchev–Trinajstić information content (AvgIpc) is 2.61. The largest absolute Gasteiger partial charge is 0.478 e. The van der Waals surface area contributed by atoms with Crippen LogP contribution >= 0.6 is 0 Å². The molecule has 2 N–H and O–H groups in total. The number of ether oxygens (including phenoxy) is 1. The molecule has 1 aliphatic carbocycles. The maximum Gasteiger partial charge on any atom is 0.335 e. The number of hydrogen-bond donors (Lipinski definition) is 2. The molecule has 0 bridgehead atoms. The van der Waals surface area contributed by atoms with Crippen molar-refractivity contribution in [2.45, 2.75) is 69.4 Å². The van der Waals surface area contributed by atoms with Gasteiger partial charge in [0, 0.05) is 19.1 Å². The first kappa shape index (κ1) is 17.9. The van der Waals surface area contributed by atoms with E-state index in [9.17, 15) is 14.7 Å². The molecule has 1 heterocycles. The number of rotatable bonds is 5. The molecule has 1 amide bonds. The van der Waals surface area contributed by atoms with Gasteiger partial charge in [-0.2, -0.15) is 0 Å². The average molecular weight is 345 g/mol. The Bertz CT molecular complexity index is 616. The lowest BCUT2D eigenvalue weighted by molar-refractivity contribution is -0.128. The van der Waals surface area contributed by atoms with Crippen LogP contribution in [0.4, 0.5) is 0 Å². The third kappa shape index (κ3) is 4.60. The summed E-state index contributed by atoms with van der Waals surface area (Å²) in [5, 5.41) is 12.4. The van der Waals surface area contributed by atoms with Crippen molar-refractivity contribution < 1.29 is 19.4 Å². The molecule has 136 valence electrons. The molecule has 1 spiro atoms. The van der Waals surface area contributed by atoms with Crippen molar-refractivity contribution in [2.75, 3.05) is 6.61 Å². The SMILES string of the molecule is O=C(CCc1ccccc1C(=O)O)NC1CCOC2(CCCCC2)C1. The Labute approximate surface area is 148 Å². The van der Waals surface area contributed by atoms with Crippen LogP contribution in [0.3, 0.4) is 0 Å². The zero-order chi connectivity index (χ0) is 17.7. The topological polar surface area (TPSA) is 75.6 Å². The fourth-order valence-corrected chi connectivity index (χ4v) is 4.19. The predicted octanol–water partition coefficient (Wildman–Crippen LogP) is 3.32. The smallest absolute Gasteiger partial charge is 0.335 e. The number of amides is 1. The monoisotopic (exact) mass is 345 g/mol. The second-order valence-corrected chi connectivity index (χ2v) is 7.31. The van der Waals surface area contributed by atoms with Gasteiger partial charge < -0.3 is 15.2 Å². The third-order valence-electron chi connectivity index (χ3n) is 5.49. The van der Waals surface area contributed by atoms with E-state index in [2.05, 4.69) is 5.32 Å². The van der Waals surface area contributed by atoms with Gasteiger partial charge in [0.1, 0.15) is 0 Å². The Morgan fingerprint density at radius 2 is 1.96 bits per heavy atom. The lowest BCUT2D eigenvalue weighted by atomic mass is 9.78. The number of aryl methyl sites for hydroxylation is 1. The van der Waals surface area contributed by atoms with Crippen molar-refractivity contribution in [2.24, 2.45) is 0 Å². The Kier molecular flexibility index (Phi) is 5.74. The Balaban J connectivity index is 1.52. The van der Waals surface area contributed by atoms with Gasteiger partial charge in [-0.15, -0.1) is 0 Å². The number of carboxylic acid groups (broad SMARTS) is 1. The number of benzene rings is 1. The van der Waals surface area contributed by atoms with Crippen molar-refractivity contribution in [1.82, 2.24) is 5.32 Å². The molecule has 1 saturated carbocycles. The molecule has 25 heavy (non-hydrogen) atoms. The molecule has 1 atom stereocenters. The molecule has 3 rings (SSSR count). The van der Waals surface area contributed by atoms with Crippen LogP contribution < -0.4 is 5.32 Å². The van der Waals surface area contributed by atoms with Crippen molar-refractivity contribution in [1.29, 1.82) is 0 Å². The van der Waals surface area contributed by atoms with Gasteiger partial charge in [-0.1, -0.05) is 37.5 Å². The van der Waals surface area contributed by atoms with Gasteiger partial charge in [0.25, 0.3) is 0 Å². The van der Waals surface area contributed by atoms with E-state index in [1.165, 1.54) is 19.3 Å². The molecule has 1 aromatic rings. The molecule has 2 fully saturated rings. The van der Waals surface area contributed by atoms with Crippen molar-refractivity contribution in [3.8, 4) is 0 Å². The van der Waals surface area contributed by atoms with Gasteiger partial charge in [-0.3, -0.25) is 4.79 Å². The summed E-state index contributed by atoms with van der Waals surface area (Å²) in [7, 11) is 0. The maximum absolute atomic E-state index is 12.3. The molecule has 0 radical (unpaired) electrons. The van der Waals surface area contributed by atoms with Crippen LogP contribution in [0.25, 0.3) is 0 Å². The van der Waals surface area contributed by atoms with E-state index < -0.39 is 5.97 Å². The number of carbonyl (C=O) groups excluding carboxylic acids is 1. The minimum atomic E-state index is -0.945. The van der Waals surface area contributed by atoms with E-state index in [1.807, 2.05) is 6.07 Å². The first-order valence-electron chi connectivity index (χ1n) is 9.32. The first-order valence-corrected chi connectivity index (χ1v) is 9.32. The van der Waals surface area contributed by atoms with Crippen LogP contribution in [0, 0.1) is 0 Å². The van der Waals surface area contributed by atoms with Crippen molar-refractivity contribution >= 4 is 11.9 Å². The number of carboxylic acids is 1. The fraction of sp³-hybridized carbons (Fsp3) is 0.600. The molecular weight excluding hydrogens is 318 g/mol. The number of hydrogen-bond acceptors (Lipinski definition) is 3. The van der Waals surface area contributed by atoms with E-state index >= 15 is 0 Å². The standard InChI is InChI=1S/C20H27NO4/c22-18(9-8-15-6-2-3-7-17(15)19(23)24)21-16-10-13-25-20(14-16)11-4-1-5-12-20/h2-3,6-7,16H,1,4-5,8-14H2,(H,21,22)(H,23,24). The minimum Gasteiger partial charge on any atom is -0.478 e. The van der Waals surface area contributed by atoms with Crippen LogP contribution in [0.1, 0.15) is 67.3 Å². The summed E-state index contributed by atoms with van der Waals surface area (Å²) in [6.45, 7) is 0.715. The zero-order valence-corrected chi connectivity index (χ0v) is 14.6. The molecule has 1 aromatic carbocycles. The Morgan fingerprint density at radius 3 is 2.72 bits per heavy atom. The van der Waals surface area contributed by atoms with Crippen LogP contribution in [0.15, 0.2) is 24.3 Å². The second-order valence-electron chi connectivity index (χ2n) is 7.31. The summed E-state index contributed by atoms with van der Waals surface area (Å²) in [6.07, 6.45) is 8.45. The summed E-state index contributed by atoms with van der Waals surface area (Å²) >= 11 is 0. The summed E-state index contributed by atoms with van der Waals surface area (Å²) in [5.74, 6) is -0.947. The molecule has 2 aliphatic rings. The predicted molar refractivity (Wildman–Crippen MR) is 94.7 cm³/mol. The van der Waals surface area contributed by atoms with E-state index in [4.69, 9.17) is 4.74 Å². The lowest BCUT2D eigenvalue weighted by Crippen LogP contribution is -2.49. The minimum absolute atomic E-state index is 0.00180. The normalized spacial score (nSPS) is 22.5. The van der Waals surface area contributed by atoms with Gasteiger partial charge in [0.05, 0.1) is 11.2 Å². The molecule has 1 aliphatic heterocycles. The lowest BCUT2D eigenvalue weighted by Gasteiger charge is -2.43. The molecule has 0 aromatic heterocycles. The van der Waals surface area contributed by atoms with E-state index in [-0.39, 0.29) is 23.1 Å². The van der Waals surface area contributed by atoms with Crippen LogP contribution in [-0.4, -0.2) is 35.2 Å². The summed E-state index contributed by atoms with van der Waals surface area (Å²) in [4.78, 5) is 23.6. The van der Waals surface area contributed by atoms with Crippen molar-refractivity contribution in [3.63, 3.8) is 0 Å². The zero-order valence-electron chi connectivity index (χ0n) is 14.6. The molecule has 1 saturated heterocycles. The van der Waals surface area contributed by atoms with Gasteiger partial charge in [0.15, 0.2) is 0 Å². The molecule has 5 nitrogen and oxygen atoms in total. The van der Waals surface area contributed by atoms with E-state index in [1.54, 1.807) is 18.2 Å². The van der Waals surface area contributed by atoms with Crippen LogP contribution in [-0.2, 0) is 16.0 Å². The number of carbonyl (C=O) groups is 2. The highest BCUT2D eigenvalue weighted by atomic mass is 16.5. The molecule has 5 heteroatoms. The Hall–Kier alpha value is -1.88. The highest BCUT2D eigenvalue weighted by Gasteiger charge is 2.38. The number of nitrogens with one attached hydrogen (secondary N) is 1. The maximum atomic E-state index is 12.3. The fourth-order valence-electron chi connectivity index (χ4n) is 4.19. The van der Waals surface area contributed by atoms with Crippen LogP contribution in [0.2, 0.25) is 0 Å². The van der Waals surface area contributed by atoms with E-state index in [0.29, 0.717) is 25.0 Å². The van der Waals surface area contributed by atoms with Gasteiger partial charge >= 0.3 is 5.97 Å². The first-order chi connectivity index (χ1) is 12.1. The third-order valence-corrected chi connectivity index (χ3v) is 5.49. The summed E-state index contributed by atoms with van der Waals surface area (Å²) in [5.41, 5.74) is 0.966. The van der Waals surface area contributed by atoms with Gasteiger partial charge in [0.2, 0.25) is 5.91 Å². The van der Waals surface area contributed by atoms with Crippen molar-refractivity contribution in [3.05, 3.63) is 35.4 Å². The highest BCUT2D eigenvalue weighted by Crippen LogP contribution is 2.38. The highest BCUT2D eigenvalue weighted by molar-refractivity contribution is 5.89. The summed E-state index contributed by atoms with van der Waals surface area (Å²) in [6, 6.07) is 7.06. The quantitative estimate of drug-likeness (QED) is 0.858. The second kappa shape index (κ2) is 8.00. The molecule has 1 unspecified atom stereocenters. The molecular formula is C20H27NO4. The van der Waals surface area contributed by atoms with Gasteiger partial charge in [-0.25, -0.2) is 4.79 Å². The van der Waals surface area contributed by atoms with Crippen LogP contribution in [0.5, 0.6) is 0 Å². The van der Waals surface area contributed by atoms with E-state index in [0.717, 1.165) is 25.7 Å². The Morgan fingerprint density at radius 1 is 1.20 bits per heavy atom.